The zero-order chi connectivity index (χ0) is 12.8. The molecule has 18 heavy (non-hydrogen) atoms. The quantitative estimate of drug-likeness (QED) is 0.478. The number of nitrogens with two attached hydrogens (primary N) is 1. The lowest BCUT2D eigenvalue weighted by Crippen LogP contribution is -2.38. The Hall–Kier alpha value is -0.870. The van der Waals surface area contributed by atoms with Gasteiger partial charge in [-0.05, 0) is 24.3 Å². The van der Waals surface area contributed by atoms with Gasteiger partial charge in [-0.15, -0.1) is 0 Å². The zero-order valence-corrected chi connectivity index (χ0v) is 11.4. The van der Waals surface area contributed by atoms with Crippen LogP contribution in [0.3, 0.4) is 0 Å². The van der Waals surface area contributed by atoms with E-state index < -0.39 is 0 Å². The Balaban J connectivity index is 1.84. The highest BCUT2D eigenvalue weighted by molar-refractivity contribution is 5.05. The zero-order valence-electron chi connectivity index (χ0n) is 11.4. The molecule has 4 heteroatoms. The third kappa shape index (κ3) is 4.10. The molecular formula is C14H26N4. The van der Waals surface area contributed by atoms with Crippen LogP contribution in [0.25, 0.3) is 0 Å². The molecule has 102 valence electrons. The second-order valence-corrected chi connectivity index (χ2v) is 5.68. The lowest BCUT2D eigenvalue weighted by molar-refractivity contribution is 0.352. The Morgan fingerprint density at radius 2 is 2.11 bits per heavy atom. The fourth-order valence-electron chi connectivity index (χ4n) is 3.07. The van der Waals surface area contributed by atoms with Crippen LogP contribution in [0.2, 0.25) is 0 Å². The predicted molar refractivity (Wildman–Crippen MR) is 73.8 cm³/mol. The Labute approximate surface area is 110 Å². The van der Waals surface area contributed by atoms with E-state index in [4.69, 9.17) is 5.84 Å². The maximum atomic E-state index is 5.71. The Morgan fingerprint density at radius 1 is 1.39 bits per heavy atom. The van der Waals surface area contributed by atoms with Gasteiger partial charge in [0, 0.05) is 19.3 Å². The second-order valence-electron chi connectivity index (χ2n) is 5.68. The molecule has 3 N–H and O–H groups in total. The van der Waals surface area contributed by atoms with Crippen molar-refractivity contribution < 1.29 is 0 Å². The van der Waals surface area contributed by atoms with Crippen molar-refractivity contribution in [3.05, 3.63) is 18.0 Å². The monoisotopic (exact) mass is 250 g/mol. The van der Waals surface area contributed by atoms with Gasteiger partial charge in [0.25, 0.3) is 0 Å². The van der Waals surface area contributed by atoms with Crippen LogP contribution in [-0.4, -0.2) is 15.8 Å². The van der Waals surface area contributed by atoms with E-state index in [-0.39, 0.29) is 0 Å². The lowest BCUT2D eigenvalue weighted by atomic mass is 9.91. The number of aryl methyl sites for hydroxylation is 1. The van der Waals surface area contributed by atoms with E-state index >= 15 is 0 Å². The minimum absolute atomic E-state index is 0.386. The van der Waals surface area contributed by atoms with Gasteiger partial charge >= 0.3 is 0 Å². The van der Waals surface area contributed by atoms with Crippen molar-refractivity contribution in [3.8, 4) is 0 Å². The summed E-state index contributed by atoms with van der Waals surface area (Å²) < 4.78 is 1.86. The minimum Gasteiger partial charge on any atom is -0.276 e. The van der Waals surface area contributed by atoms with Crippen LogP contribution in [0.5, 0.6) is 0 Å². The van der Waals surface area contributed by atoms with Crippen molar-refractivity contribution in [2.75, 3.05) is 0 Å². The highest BCUT2D eigenvalue weighted by Gasteiger charge is 2.18. The fourth-order valence-corrected chi connectivity index (χ4v) is 3.07. The highest BCUT2D eigenvalue weighted by Crippen LogP contribution is 2.27. The molecule has 0 radical (unpaired) electrons. The van der Waals surface area contributed by atoms with E-state index in [1.807, 2.05) is 17.9 Å². The van der Waals surface area contributed by atoms with Crippen LogP contribution < -0.4 is 11.3 Å². The Morgan fingerprint density at radius 3 is 2.67 bits per heavy atom. The summed E-state index contributed by atoms with van der Waals surface area (Å²) in [6.07, 6.45) is 14.6. The number of nitrogens with one attached hydrogen (secondary N) is 1. The van der Waals surface area contributed by atoms with Crippen molar-refractivity contribution in [3.63, 3.8) is 0 Å². The number of aromatic nitrogens is 2. The van der Waals surface area contributed by atoms with Gasteiger partial charge in [-0.3, -0.25) is 16.0 Å². The van der Waals surface area contributed by atoms with E-state index in [2.05, 4.69) is 16.7 Å². The van der Waals surface area contributed by atoms with Gasteiger partial charge in [0.2, 0.25) is 0 Å². The van der Waals surface area contributed by atoms with Gasteiger partial charge < -0.3 is 0 Å². The van der Waals surface area contributed by atoms with Crippen LogP contribution in [-0.2, 0) is 13.5 Å². The van der Waals surface area contributed by atoms with Crippen LogP contribution in [0.4, 0.5) is 0 Å². The molecule has 1 heterocycles. The summed E-state index contributed by atoms with van der Waals surface area (Å²) in [6, 6.07) is 0.386. The van der Waals surface area contributed by atoms with E-state index in [0.29, 0.717) is 6.04 Å². The number of rotatable bonds is 5. The third-order valence-electron chi connectivity index (χ3n) is 4.07. The van der Waals surface area contributed by atoms with Crippen LogP contribution >= 0.6 is 0 Å². The van der Waals surface area contributed by atoms with Gasteiger partial charge in [0.05, 0.1) is 6.20 Å². The van der Waals surface area contributed by atoms with Crippen LogP contribution in [0, 0.1) is 5.92 Å². The first-order chi connectivity index (χ1) is 8.78. The number of hydrogen-bond acceptors (Lipinski definition) is 3. The fraction of sp³-hybridized carbons (Fsp3) is 0.786. The molecule has 0 spiro atoms. The van der Waals surface area contributed by atoms with Gasteiger partial charge in [-0.1, -0.05) is 38.5 Å². The van der Waals surface area contributed by atoms with E-state index in [0.717, 1.165) is 12.3 Å². The minimum atomic E-state index is 0.386. The van der Waals surface area contributed by atoms with E-state index in [1.165, 1.54) is 50.5 Å². The van der Waals surface area contributed by atoms with E-state index in [9.17, 15) is 0 Å². The average molecular weight is 250 g/mol. The largest absolute Gasteiger partial charge is 0.276 e. The lowest BCUT2D eigenvalue weighted by Gasteiger charge is -2.21. The molecule has 0 aromatic carbocycles. The first-order valence-corrected chi connectivity index (χ1v) is 7.21. The smallest absolute Gasteiger partial charge is 0.0522 e. The molecule has 2 rings (SSSR count). The summed E-state index contributed by atoms with van der Waals surface area (Å²) in [4.78, 5) is 0. The molecule has 1 unspecified atom stereocenters. The molecule has 0 aliphatic heterocycles. The molecule has 1 saturated carbocycles. The summed E-state index contributed by atoms with van der Waals surface area (Å²) >= 11 is 0. The summed E-state index contributed by atoms with van der Waals surface area (Å²) in [5.74, 6) is 6.56. The second kappa shape index (κ2) is 6.90. The first-order valence-electron chi connectivity index (χ1n) is 7.21. The predicted octanol–water partition coefficient (Wildman–Crippen LogP) is 2.16. The summed E-state index contributed by atoms with van der Waals surface area (Å²) in [5, 5.41) is 4.21. The average Bonchev–Trinajstić information content (AvgIpc) is 2.63. The van der Waals surface area contributed by atoms with Gasteiger partial charge in [-0.25, -0.2) is 0 Å². The molecular weight excluding hydrogens is 224 g/mol. The molecule has 1 aliphatic rings. The molecule has 0 bridgehead atoms. The number of nitrogens with zero attached hydrogens (tertiary/aromatic N) is 2. The van der Waals surface area contributed by atoms with E-state index in [1.54, 1.807) is 0 Å². The molecule has 1 aromatic heterocycles. The molecule has 4 nitrogen and oxygen atoms in total. The molecule has 1 atom stereocenters. The Bertz CT molecular complexity index is 339. The summed E-state index contributed by atoms with van der Waals surface area (Å²) in [5.41, 5.74) is 4.26. The molecule has 1 aromatic rings. The van der Waals surface area contributed by atoms with Crippen LogP contribution in [0.1, 0.15) is 50.5 Å². The summed E-state index contributed by atoms with van der Waals surface area (Å²) in [7, 11) is 1.96. The molecule has 1 fully saturated rings. The summed E-state index contributed by atoms with van der Waals surface area (Å²) in [6.45, 7) is 0. The standard InChI is InChI=1S/C14H26N4/c1-18-11-13(10-16-18)9-14(17-15)8-12-6-4-2-3-5-7-12/h10-12,14,17H,2-9,15H2,1H3. The normalized spacial score (nSPS) is 19.7. The topological polar surface area (TPSA) is 55.9 Å². The number of hydrogen-bond donors (Lipinski definition) is 2. The first kappa shape index (κ1) is 13.6. The van der Waals surface area contributed by atoms with Crippen molar-refractivity contribution in [2.45, 2.75) is 57.4 Å². The Kier molecular flexibility index (Phi) is 5.20. The maximum absolute atomic E-state index is 5.71. The van der Waals surface area contributed by atoms with Crippen molar-refractivity contribution in [1.29, 1.82) is 0 Å². The maximum Gasteiger partial charge on any atom is 0.0522 e. The molecule has 1 aliphatic carbocycles. The SMILES string of the molecule is Cn1cc(CC(CC2CCCCCC2)NN)cn1. The highest BCUT2D eigenvalue weighted by atomic mass is 15.2. The van der Waals surface area contributed by atoms with Gasteiger partial charge in [0.15, 0.2) is 0 Å². The molecule has 0 saturated heterocycles. The number of hydrazine groups is 1. The van der Waals surface area contributed by atoms with Crippen molar-refractivity contribution in [2.24, 2.45) is 18.8 Å². The molecule has 0 amide bonds. The van der Waals surface area contributed by atoms with Crippen LogP contribution in [0.15, 0.2) is 12.4 Å². The van der Waals surface area contributed by atoms with Gasteiger partial charge in [-0.2, -0.15) is 5.10 Å². The third-order valence-corrected chi connectivity index (χ3v) is 4.07. The van der Waals surface area contributed by atoms with Crippen molar-refractivity contribution in [1.82, 2.24) is 15.2 Å². The van der Waals surface area contributed by atoms with Gasteiger partial charge in [0.1, 0.15) is 0 Å². The van der Waals surface area contributed by atoms with Crippen molar-refractivity contribution >= 4 is 0 Å².